The number of hydrogen-bond donors (Lipinski definition) is 2. The minimum atomic E-state index is -0.943. The number of aryl methyl sites for hydroxylation is 1. The lowest BCUT2D eigenvalue weighted by molar-refractivity contribution is -0.120. The van der Waals surface area contributed by atoms with Gasteiger partial charge >= 0.3 is 5.97 Å². The topological polar surface area (TPSA) is 66.4 Å². The van der Waals surface area contributed by atoms with E-state index in [1.165, 1.54) is 11.8 Å². The fourth-order valence-electron chi connectivity index (χ4n) is 1.61. The van der Waals surface area contributed by atoms with Crippen molar-refractivity contribution in [3.63, 3.8) is 0 Å². The maximum atomic E-state index is 11.9. The average molecular weight is 295 g/mol. The Kier molecular flexibility index (Phi) is 6.07. The van der Waals surface area contributed by atoms with E-state index in [1.54, 1.807) is 19.1 Å². The largest absolute Gasteiger partial charge is 0.478 e. The van der Waals surface area contributed by atoms with Crippen molar-refractivity contribution in [2.45, 2.75) is 37.8 Å². The smallest absolute Gasteiger partial charge is 0.335 e. The SMILES string of the molecule is Cc1ccc(SC(C)C(=O)NCC(C)C)cc1C(=O)O. The quantitative estimate of drug-likeness (QED) is 0.792. The molecule has 0 fully saturated rings. The highest BCUT2D eigenvalue weighted by Crippen LogP contribution is 2.25. The molecular formula is C15H21NO3S. The van der Waals surface area contributed by atoms with Gasteiger partial charge in [0.25, 0.3) is 0 Å². The number of carbonyl (C=O) groups is 2. The lowest BCUT2D eigenvalue weighted by atomic mass is 10.1. The summed E-state index contributed by atoms with van der Waals surface area (Å²) in [4.78, 5) is 23.8. The van der Waals surface area contributed by atoms with Crippen LogP contribution in [-0.4, -0.2) is 28.8 Å². The Labute approximate surface area is 124 Å². The molecule has 0 aliphatic carbocycles. The van der Waals surface area contributed by atoms with Gasteiger partial charge < -0.3 is 10.4 Å². The second-order valence-electron chi connectivity index (χ2n) is 5.18. The summed E-state index contributed by atoms with van der Waals surface area (Å²) < 4.78 is 0. The second-order valence-corrected chi connectivity index (χ2v) is 6.60. The Hall–Kier alpha value is -1.49. The van der Waals surface area contributed by atoms with Crippen LogP contribution in [0.3, 0.4) is 0 Å². The minimum Gasteiger partial charge on any atom is -0.478 e. The number of nitrogens with one attached hydrogen (secondary N) is 1. The van der Waals surface area contributed by atoms with Gasteiger partial charge in [-0.05, 0) is 37.5 Å². The van der Waals surface area contributed by atoms with Crippen LogP contribution in [0.2, 0.25) is 0 Å². The molecule has 0 spiro atoms. The zero-order chi connectivity index (χ0) is 15.3. The summed E-state index contributed by atoms with van der Waals surface area (Å²) in [6.45, 7) is 8.31. The summed E-state index contributed by atoms with van der Waals surface area (Å²) in [7, 11) is 0. The van der Waals surface area contributed by atoms with Crippen LogP contribution in [0.4, 0.5) is 0 Å². The second kappa shape index (κ2) is 7.33. The van der Waals surface area contributed by atoms with Crippen molar-refractivity contribution in [3.05, 3.63) is 29.3 Å². The molecule has 0 aromatic heterocycles. The molecule has 5 heteroatoms. The molecule has 110 valence electrons. The van der Waals surface area contributed by atoms with Crippen LogP contribution >= 0.6 is 11.8 Å². The Morgan fingerprint density at radius 1 is 1.30 bits per heavy atom. The Balaban J connectivity index is 2.70. The third kappa shape index (κ3) is 4.89. The Morgan fingerprint density at radius 3 is 2.50 bits per heavy atom. The molecule has 1 aromatic rings. The summed E-state index contributed by atoms with van der Waals surface area (Å²) in [5.74, 6) is -0.558. The first-order chi connectivity index (χ1) is 9.31. The Morgan fingerprint density at radius 2 is 1.95 bits per heavy atom. The molecule has 20 heavy (non-hydrogen) atoms. The molecule has 1 atom stereocenters. The van der Waals surface area contributed by atoms with Crippen LogP contribution in [0.5, 0.6) is 0 Å². The van der Waals surface area contributed by atoms with Crippen LogP contribution in [0.25, 0.3) is 0 Å². The molecular weight excluding hydrogens is 274 g/mol. The standard InChI is InChI=1S/C15H21NO3S/c1-9(2)8-16-14(17)11(4)20-12-6-5-10(3)13(7-12)15(18)19/h5-7,9,11H,8H2,1-4H3,(H,16,17)(H,18,19). The molecule has 2 N–H and O–H groups in total. The molecule has 0 aliphatic rings. The molecule has 1 amide bonds. The van der Waals surface area contributed by atoms with Crippen LogP contribution in [0, 0.1) is 12.8 Å². The lowest BCUT2D eigenvalue weighted by Gasteiger charge is -2.14. The molecule has 0 radical (unpaired) electrons. The first-order valence-corrected chi connectivity index (χ1v) is 7.47. The van der Waals surface area contributed by atoms with Crippen molar-refractivity contribution in [1.82, 2.24) is 5.32 Å². The average Bonchev–Trinajstić information content (AvgIpc) is 2.37. The van der Waals surface area contributed by atoms with Crippen LogP contribution in [0.15, 0.2) is 23.1 Å². The first kappa shape index (κ1) is 16.6. The molecule has 0 aliphatic heterocycles. The maximum Gasteiger partial charge on any atom is 0.335 e. The molecule has 4 nitrogen and oxygen atoms in total. The highest BCUT2D eigenvalue weighted by atomic mass is 32.2. The number of carbonyl (C=O) groups excluding carboxylic acids is 1. The molecule has 0 bridgehead atoms. The number of carboxylic acids is 1. The van der Waals surface area contributed by atoms with Crippen molar-refractivity contribution in [3.8, 4) is 0 Å². The van der Waals surface area contributed by atoms with E-state index in [0.717, 1.165) is 10.5 Å². The third-order valence-electron chi connectivity index (χ3n) is 2.81. The molecule has 1 unspecified atom stereocenters. The van der Waals surface area contributed by atoms with Gasteiger partial charge in [0.2, 0.25) is 5.91 Å². The normalized spacial score (nSPS) is 12.2. The number of benzene rings is 1. The van der Waals surface area contributed by atoms with Gasteiger partial charge in [-0.1, -0.05) is 19.9 Å². The summed E-state index contributed by atoms with van der Waals surface area (Å²) in [6.07, 6.45) is 0. The van der Waals surface area contributed by atoms with Gasteiger partial charge in [-0.15, -0.1) is 11.8 Å². The highest BCUT2D eigenvalue weighted by molar-refractivity contribution is 8.00. The molecule has 0 saturated carbocycles. The molecule has 0 saturated heterocycles. The number of thioether (sulfide) groups is 1. The fraction of sp³-hybridized carbons (Fsp3) is 0.467. The Bertz CT molecular complexity index is 500. The maximum absolute atomic E-state index is 11.9. The van der Waals surface area contributed by atoms with Gasteiger partial charge in [-0.3, -0.25) is 4.79 Å². The predicted molar refractivity (Wildman–Crippen MR) is 81.3 cm³/mol. The van der Waals surface area contributed by atoms with Gasteiger partial charge in [-0.2, -0.15) is 0 Å². The van der Waals surface area contributed by atoms with Crippen molar-refractivity contribution in [2.24, 2.45) is 5.92 Å². The third-order valence-corrected chi connectivity index (χ3v) is 3.90. The predicted octanol–water partition coefficient (Wildman–Crippen LogP) is 2.95. The van der Waals surface area contributed by atoms with Gasteiger partial charge in [-0.25, -0.2) is 4.79 Å². The van der Waals surface area contributed by atoms with Crippen molar-refractivity contribution >= 4 is 23.6 Å². The van der Waals surface area contributed by atoms with Crippen molar-refractivity contribution in [2.75, 3.05) is 6.54 Å². The molecule has 1 aromatic carbocycles. The summed E-state index contributed by atoms with van der Waals surface area (Å²) in [5.41, 5.74) is 1.00. The first-order valence-electron chi connectivity index (χ1n) is 6.59. The number of carboxylic acid groups (broad SMARTS) is 1. The van der Waals surface area contributed by atoms with Crippen molar-refractivity contribution < 1.29 is 14.7 Å². The van der Waals surface area contributed by atoms with Gasteiger partial charge in [0.15, 0.2) is 0 Å². The zero-order valence-corrected chi connectivity index (χ0v) is 13.1. The van der Waals surface area contributed by atoms with E-state index in [0.29, 0.717) is 12.5 Å². The monoisotopic (exact) mass is 295 g/mol. The summed E-state index contributed by atoms with van der Waals surface area (Å²) >= 11 is 1.37. The number of rotatable bonds is 6. The number of hydrogen-bond acceptors (Lipinski definition) is 3. The van der Waals surface area contributed by atoms with Crippen molar-refractivity contribution in [1.29, 1.82) is 0 Å². The van der Waals surface area contributed by atoms with E-state index >= 15 is 0 Å². The summed E-state index contributed by atoms with van der Waals surface area (Å²) in [5, 5.41) is 11.7. The van der Waals surface area contributed by atoms with Gasteiger partial charge in [0, 0.05) is 11.4 Å². The van der Waals surface area contributed by atoms with Gasteiger partial charge in [0.05, 0.1) is 10.8 Å². The minimum absolute atomic E-state index is 0.0267. The van der Waals surface area contributed by atoms with Crippen LogP contribution < -0.4 is 5.32 Å². The zero-order valence-electron chi connectivity index (χ0n) is 12.3. The van der Waals surface area contributed by atoms with E-state index in [4.69, 9.17) is 5.11 Å². The van der Waals surface area contributed by atoms with E-state index in [-0.39, 0.29) is 16.7 Å². The van der Waals surface area contributed by atoms with E-state index in [9.17, 15) is 9.59 Å². The van der Waals surface area contributed by atoms with E-state index in [1.807, 2.05) is 26.8 Å². The number of amides is 1. The number of aromatic carboxylic acids is 1. The fourth-order valence-corrected chi connectivity index (χ4v) is 2.54. The molecule has 0 heterocycles. The van der Waals surface area contributed by atoms with Gasteiger partial charge in [0.1, 0.15) is 0 Å². The van der Waals surface area contributed by atoms with Crippen LogP contribution in [-0.2, 0) is 4.79 Å². The van der Waals surface area contributed by atoms with E-state index < -0.39 is 5.97 Å². The van der Waals surface area contributed by atoms with Crippen LogP contribution in [0.1, 0.15) is 36.7 Å². The lowest BCUT2D eigenvalue weighted by Crippen LogP contribution is -2.33. The summed E-state index contributed by atoms with van der Waals surface area (Å²) in [6, 6.07) is 5.23. The highest BCUT2D eigenvalue weighted by Gasteiger charge is 2.16. The molecule has 1 rings (SSSR count). The van der Waals surface area contributed by atoms with E-state index in [2.05, 4.69) is 5.32 Å².